The molecule has 2 aromatic heterocycles. The Hall–Kier alpha value is -3.49. The third kappa shape index (κ3) is 3.31. The number of nitrogens with zero attached hydrogens (tertiary/aromatic N) is 4. The van der Waals surface area contributed by atoms with Gasteiger partial charge in [0.1, 0.15) is 0 Å². The van der Waals surface area contributed by atoms with Gasteiger partial charge in [0.2, 0.25) is 5.82 Å². The number of para-hydroxylation sites is 2. The summed E-state index contributed by atoms with van der Waals surface area (Å²) in [5.74, 6) is -1.54. The van der Waals surface area contributed by atoms with Crippen LogP contribution in [0.25, 0.3) is 22.4 Å². The molecule has 27 heavy (non-hydrogen) atoms. The van der Waals surface area contributed by atoms with Crippen molar-refractivity contribution in [3.05, 3.63) is 76.5 Å². The van der Waals surface area contributed by atoms with E-state index < -0.39 is 12.1 Å². The Morgan fingerprint density at radius 3 is 2.48 bits per heavy atom. The summed E-state index contributed by atoms with van der Waals surface area (Å²) in [5.41, 5.74) is 2.31. The van der Waals surface area contributed by atoms with E-state index in [0.717, 1.165) is 5.56 Å². The van der Waals surface area contributed by atoms with E-state index >= 15 is 0 Å². The van der Waals surface area contributed by atoms with Crippen molar-refractivity contribution in [2.24, 2.45) is 0 Å². The fraction of sp³-hybridized carbons (Fsp3) is 0.111. The van der Waals surface area contributed by atoms with Crippen molar-refractivity contribution in [3.8, 4) is 11.4 Å². The quantitative estimate of drug-likeness (QED) is 0.550. The summed E-state index contributed by atoms with van der Waals surface area (Å²) in [4.78, 5) is 19.6. The highest BCUT2D eigenvalue weighted by atomic mass is 19.4. The molecule has 0 aliphatic carbocycles. The molecule has 0 aliphatic rings. The number of hydrogen-bond acceptors (Lipinski definition) is 5. The van der Waals surface area contributed by atoms with Crippen LogP contribution in [0.3, 0.4) is 0 Å². The van der Waals surface area contributed by atoms with E-state index in [4.69, 9.17) is 0 Å². The number of rotatable bonds is 3. The molecule has 0 radical (unpaired) electrons. The molecule has 0 bridgehead atoms. The summed E-state index contributed by atoms with van der Waals surface area (Å²) in [6.45, 7) is 0.294. The van der Waals surface area contributed by atoms with Gasteiger partial charge in [0, 0.05) is 5.56 Å². The number of aromatic nitrogens is 4. The zero-order chi connectivity index (χ0) is 19.0. The minimum atomic E-state index is -4.69. The fourth-order valence-electron chi connectivity index (χ4n) is 2.68. The first kappa shape index (κ1) is 17.0. The molecule has 2 aromatic carbocycles. The van der Waals surface area contributed by atoms with Gasteiger partial charge in [0.25, 0.3) is 5.56 Å². The van der Waals surface area contributed by atoms with Crippen molar-refractivity contribution in [2.75, 3.05) is 0 Å². The molecule has 0 saturated carbocycles. The second-order valence-corrected chi connectivity index (χ2v) is 5.79. The molecule has 9 heteroatoms. The van der Waals surface area contributed by atoms with Crippen LogP contribution >= 0.6 is 0 Å². The highest BCUT2D eigenvalue weighted by Gasteiger charge is 2.38. The Bertz CT molecular complexity index is 1160. The lowest BCUT2D eigenvalue weighted by Gasteiger charge is -2.09. The fourth-order valence-corrected chi connectivity index (χ4v) is 2.68. The van der Waals surface area contributed by atoms with Gasteiger partial charge >= 0.3 is 12.1 Å². The monoisotopic (exact) mass is 372 g/mol. The van der Waals surface area contributed by atoms with Crippen LogP contribution in [0.1, 0.15) is 11.5 Å². The van der Waals surface area contributed by atoms with Crippen molar-refractivity contribution in [1.82, 2.24) is 19.7 Å². The summed E-state index contributed by atoms with van der Waals surface area (Å²) in [5, 5.41) is 3.35. The molecular formula is C18H11F3N4O2. The van der Waals surface area contributed by atoms with Crippen molar-refractivity contribution >= 4 is 11.0 Å². The molecule has 0 saturated heterocycles. The second-order valence-electron chi connectivity index (χ2n) is 5.79. The van der Waals surface area contributed by atoms with Crippen LogP contribution in [0.15, 0.2) is 64.0 Å². The van der Waals surface area contributed by atoms with E-state index in [2.05, 4.69) is 19.6 Å². The minimum absolute atomic E-state index is 0.152. The Kier molecular flexibility index (Phi) is 3.98. The van der Waals surface area contributed by atoms with E-state index in [1.807, 2.05) is 18.2 Å². The summed E-state index contributed by atoms with van der Waals surface area (Å²) >= 11 is 0. The lowest BCUT2D eigenvalue weighted by atomic mass is 10.1. The molecule has 0 atom stereocenters. The van der Waals surface area contributed by atoms with Crippen LogP contribution in [0.5, 0.6) is 0 Å². The zero-order valence-corrected chi connectivity index (χ0v) is 13.6. The summed E-state index contributed by atoms with van der Waals surface area (Å²) in [6, 6.07) is 13.8. The predicted octanol–water partition coefficient (Wildman–Crippen LogP) is 3.51. The van der Waals surface area contributed by atoms with Gasteiger partial charge in [-0.2, -0.15) is 18.2 Å². The van der Waals surface area contributed by atoms with Crippen LogP contribution < -0.4 is 5.56 Å². The molecule has 0 aliphatic heterocycles. The number of alkyl halides is 3. The predicted molar refractivity (Wildman–Crippen MR) is 89.8 cm³/mol. The number of halogens is 3. The van der Waals surface area contributed by atoms with E-state index in [1.165, 1.54) is 6.20 Å². The minimum Gasteiger partial charge on any atom is -0.329 e. The average molecular weight is 372 g/mol. The van der Waals surface area contributed by atoms with E-state index in [0.29, 0.717) is 23.1 Å². The maximum Gasteiger partial charge on any atom is 0.471 e. The summed E-state index contributed by atoms with van der Waals surface area (Å²) in [7, 11) is 0. The molecule has 0 spiro atoms. The van der Waals surface area contributed by atoms with Crippen LogP contribution in [0, 0.1) is 0 Å². The largest absolute Gasteiger partial charge is 0.471 e. The SMILES string of the molecule is O=c1cnc2ccccc2n1Cc1ccc(-c2noc(C(F)(F)F)n2)cc1. The van der Waals surface area contributed by atoms with E-state index in [1.54, 1.807) is 34.9 Å². The van der Waals surface area contributed by atoms with Crippen LogP contribution in [-0.2, 0) is 12.7 Å². The molecule has 4 aromatic rings. The zero-order valence-electron chi connectivity index (χ0n) is 13.6. The van der Waals surface area contributed by atoms with Crippen molar-refractivity contribution in [1.29, 1.82) is 0 Å². The highest BCUT2D eigenvalue weighted by molar-refractivity contribution is 5.74. The van der Waals surface area contributed by atoms with Crippen LogP contribution in [0.2, 0.25) is 0 Å². The van der Waals surface area contributed by atoms with Gasteiger partial charge in [-0.1, -0.05) is 41.6 Å². The normalized spacial score (nSPS) is 11.8. The first-order valence-corrected chi connectivity index (χ1v) is 7.86. The molecule has 0 N–H and O–H groups in total. The van der Waals surface area contributed by atoms with Crippen molar-refractivity contribution < 1.29 is 17.7 Å². The molecule has 6 nitrogen and oxygen atoms in total. The number of benzene rings is 2. The standard InChI is InChI=1S/C18H11F3N4O2/c19-18(20,21)17-23-16(24-27-17)12-7-5-11(6-8-12)10-25-14-4-2-1-3-13(14)22-9-15(25)26/h1-9H,10H2. The van der Waals surface area contributed by atoms with Gasteiger partial charge < -0.3 is 9.09 Å². The molecule has 2 heterocycles. The first-order valence-electron chi connectivity index (χ1n) is 7.86. The summed E-state index contributed by atoms with van der Waals surface area (Å²) in [6.07, 6.45) is -3.43. The Labute approximate surface area is 149 Å². The molecule has 136 valence electrons. The first-order chi connectivity index (χ1) is 12.9. The van der Waals surface area contributed by atoms with Crippen molar-refractivity contribution in [2.45, 2.75) is 12.7 Å². The van der Waals surface area contributed by atoms with E-state index in [-0.39, 0.29) is 11.4 Å². The Morgan fingerprint density at radius 1 is 1.04 bits per heavy atom. The average Bonchev–Trinajstić information content (AvgIpc) is 3.15. The third-order valence-corrected chi connectivity index (χ3v) is 3.97. The summed E-state index contributed by atoms with van der Waals surface area (Å²) < 4.78 is 43.5. The highest BCUT2D eigenvalue weighted by Crippen LogP contribution is 2.29. The Morgan fingerprint density at radius 2 is 1.78 bits per heavy atom. The van der Waals surface area contributed by atoms with Gasteiger partial charge in [-0.05, 0) is 17.7 Å². The smallest absolute Gasteiger partial charge is 0.329 e. The van der Waals surface area contributed by atoms with Gasteiger partial charge in [-0.25, -0.2) is 4.98 Å². The van der Waals surface area contributed by atoms with Crippen LogP contribution in [-0.4, -0.2) is 19.7 Å². The second kappa shape index (κ2) is 6.35. The topological polar surface area (TPSA) is 73.8 Å². The third-order valence-electron chi connectivity index (χ3n) is 3.97. The molecule has 0 amide bonds. The lowest BCUT2D eigenvalue weighted by Crippen LogP contribution is -2.21. The van der Waals surface area contributed by atoms with Crippen molar-refractivity contribution in [3.63, 3.8) is 0 Å². The molecule has 0 fully saturated rings. The maximum absolute atomic E-state index is 12.6. The lowest BCUT2D eigenvalue weighted by molar-refractivity contribution is -0.159. The van der Waals surface area contributed by atoms with Gasteiger partial charge in [0.05, 0.1) is 23.8 Å². The van der Waals surface area contributed by atoms with Gasteiger partial charge in [-0.15, -0.1) is 0 Å². The number of fused-ring (bicyclic) bond motifs is 1. The number of hydrogen-bond donors (Lipinski definition) is 0. The maximum atomic E-state index is 12.6. The Balaban J connectivity index is 1.63. The van der Waals surface area contributed by atoms with E-state index in [9.17, 15) is 18.0 Å². The van der Waals surface area contributed by atoms with Gasteiger partial charge in [0.15, 0.2) is 0 Å². The molecule has 4 rings (SSSR count). The van der Waals surface area contributed by atoms with Gasteiger partial charge in [-0.3, -0.25) is 4.79 Å². The van der Waals surface area contributed by atoms with Crippen LogP contribution in [0.4, 0.5) is 13.2 Å². The molecular weight excluding hydrogens is 361 g/mol. The molecule has 0 unspecified atom stereocenters.